The second-order valence-corrected chi connectivity index (χ2v) is 17.3. The lowest BCUT2D eigenvalue weighted by Crippen LogP contribution is -2.54. The van der Waals surface area contributed by atoms with Crippen molar-refractivity contribution >= 4 is 29.4 Å². The first-order valence-electron chi connectivity index (χ1n) is 21.5. The summed E-state index contributed by atoms with van der Waals surface area (Å²) < 4.78 is 12.0. The summed E-state index contributed by atoms with van der Waals surface area (Å²) in [6.45, 7) is 18.0. The average Bonchev–Trinajstić information content (AvgIpc) is 3.51. The molecule has 12 heteroatoms. The third-order valence-electron chi connectivity index (χ3n) is 12.7. The SMILES string of the molecule is CC[C@H](C)[C@@H](C(CC(=O)N1CCC[C@H]1[C@H](OC)[C@@H](C)C(=O)C[C@@H](Cc1ccccc1)C(=O)O)OC)N(C)C(=O)[C@@H](CC(=O)[C@H](C(C)C)N1CCCNCC1)C(C)C. The number of carbonyl (C=O) groups is 5. The second-order valence-electron chi connectivity index (χ2n) is 17.3. The van der Waals surface area contributed by atoms with E-state index in [2.05, 4.69) is 37.9 Å². The number of hydrogen-bond acceptors (Lipinski definition) is 9. The fourth-order valence-corrected chi connectivity index (χ4v) is 9.26. The first-order valence-corrected chi connectivity index (χ1v) is 21.5. The third kappa shape index (κ3) is 13.2. The van der Waals surface area contributed by atoms with Crippen molar-refractivity contribution in [2.24, 2.45) is 35.5 Å². The number of carboxylic acid groups (broad SMARTS) is 1. The van der Waals surface area contributed by atoms with Gasteiger partial charge in [0.15, 0.2) is 5.78 Å². The topological polar surface area (TPSA) is 146 Å². The van der Waals surface area contributed by atoms with Crippen LogP contribution in [0.4, 0.5) is 0 Å². The van der Waals surface area contributed by atoms with E-state index in [9.17, 15) is 29.1 Å². The molecule has 2 aliphatic rings. The zero-order valence-electron chi connectivity index (χ0n) is 36.6. The first-order chi connectivity index (χ1) is 27.1. The van der Waals surface area contributed by atoms with E-state index in [4.69, 9.17) is 9.47 Å². The van der Waals surface area contributed by atoms with E-state index in [0.29, 0.717) is 13.0 Å². The minimum absolute atomic E-state index is 0.00923. The molecule has 2 aliphatic heterocycles. The Labute approximate surface area is 342 Å². The number of likely N-dealkylation sites (tertiary alicyclic amines) is 1. The molecule has 12 nitrogen and oxygen atoms in total. The van der Waals surface area contributed by atoms with Crippen molar-refractivity contribution in [2.45, 2.75) is 130 Å². The van der Waals surface area contributed by atoms with Gasteiger partial charge in [-0.25, -0.2) is 0 Å². The summed E-state index contributed by atoms with van der Waals surface area (Å²) >= 11 is 0. The van der Waals surface area contributed by atoms with Crippen LogP contribution < -0.4 is 5.32 Å². The summed E-state index contributed by atoms with van der Waals surface area (Å²) in [5.41, 5.74) is 0.853. The molecule has 0 bridgehead atoms. The maximum absolute atomic E-state index is 14.5. The zero-order chi connectivity index (χ0) is 42.4. The van der Waals surface area contributed by atoms with E-state index in [-0.39, 0.29) is 78.9 Å². The van der Waals surface area contributed by atoms with Crippen LogP contribution >= 0.6 is 0 Å². The van der Waals surface area contributed by atoms with E-state index in [1.165, 1.54) is 7.11 Å². The quantitative estimate of drug-likeness (QED) is 0.149. The van der Waals surface area contributed by atoms with Gasteiger partial charge in [0.05, 0.1) is 42.7 Å². The molecule has 3 rings (SSSR count). The number of hydrogen-bond donors (Lipinski definition) is 2. The largest absolute Gasteiger partial charge is 0.481 e. The molecule has 0 radical (unpaired) electrons. The van der Waals surface area contributed by atoms with Gasteiger partial charge in [0.25, 0.3) is 0 Å². The van der Waals surface area contributed by atoms with Gasteiger partial charge in [0.2, 0.25) is 11.8 Å². The van der Waals surface area contributed by atoms with E-state index in [1.54, 1.807) is 30.9 Å². The molecule has 0 aromatic heterocycles. The molecule has 322 valence electrons. The minimum Gasteiger partial charge on any atom is -0.481 e. The van der Waals surface area contributed by atoms with E-state index < -0.39 is 42.0 Å². The van der Waals surface area contributed by atoms with Gasteiger partial charge in [0, 0.05) is 72.1 Å². The number of ketones is 2. The van der Waals surface area contributed by atoms with Gasteiger partial charge < -0.3 is 29.7 Å². The number of aliphatic carboxylic acids is 1. The summed E-state index contributed by atoms with van der Waals surface area (Å²) in [5, 5.41) is 13.4. The average molecular weight is 799 g/mol. The lowest BCUT2D eigenvalue weighted by molar-refractivity contribution is -0.149. The van der Waals surface area contributed by atoms with Crippen LogP contribution in [0.1, 0.15) is 99.0 Å². The molecule has 0 aliphatic carbocycles. The smallest absolute Gasteiger partial charge is 0.307 e. The highest BCUT2D eigenvalue weighted by atomic mass is 16.5. The van der Waals surface area contributed by atoms with Crippen LogP contribution in [-0.2, 0) is 39.9 Å². The van der Waals surface area contributed by atoms with Crippen LogP contribution in [0.5, 0.6) is 0 Å². The molecule has 0 spiro atoms. The van der Waals surface area contributed by atoms with Gasteiger partial charge in [-0.05, 0) is 55.5 Å². The van der Waals surface area contributed by atoms with Gasteiger partial charge >= 0.3 is 5.97 Å². The number of nitrogens with zero attached hydrogens (tertiary/aromatic N) is 3. The van der Waals surface area contributed by atoms with Crippen molar-refractivity contribution in [1.82, 2.24) is 20.0 Å². The Bertz CT molecular complexity index is 1430. The van der Waals surface area contributed by atoms with Gasteiger partial charge in [-0.3, -0.25) is 28.9 Å². The molecule has 2 saturated heterocycles. The Morgan fingerprint density at radius 1 is 0.860 bits per heavy atom. The normalized spacial score (nSPS) is 20.9. The molecule has 2 amide bonds. The van der Waals surface area contributed by atoms with Crippen LogP contribution in [0.25, 0.3) is 0 Å². The predicted octanol–water partition coefficient (Wildman–Crippen LogP) is 5.36. The zero-order valence-corrected chi connectivity index (χ0v) is 36.6. The van der Waals surface area contributed by atoms with Crippen molar-refractivity contribution < 1.29 is 38.6 Å². The summed E-state index contributed by atoms with van der Waals surface area (Å²) in [4.78, 5) is 74.5. The number of methoxy groups -OCH3 is 2. The van der Waals surface area contributed by atoms with Crippen LogP contribution in [0, 0.1) is 35.5 Å². The molecular weight excluding hydrogens is 725 g/mol. The Balaban J connectivity index is 1.77. The highest BCUT2D eigenvalue weighted by Crippen LogP contribution is 2.32. The lowest BCUT2D eigenvalue weighted by atomic mass is 9.83. The Morgan fingerprint density at radius 2 is 1.54 bits per heavy atom. The maximum atomic E-state index is 14.5. The Kier molecular flexibility index (Phi) is 19.8. The highest BCUT2D eigenvalue weighted by molar-refractivity contribution is 5.90. The summed E-state index contributed by atoms with van der Waals surface area (Å²) in [5.74, 6) is -3.39. The fraction of sp³-hybridized carbons (Fsp3) is 0.756. The number of carbonyl (C=O) groups excluding carboxylic acids is 4. The van der Waals surface area contributed by atoms with E-state index >= 15 is 0 Å². The van der Waals surface area contributed by atoms with Crippen LogP contribution in [0.15, 0.2) is 30.3 Å². The maximum Gasteiger partial charge on any atom is 0.307 e. The van der Waals surface area contributed by atoms with Crippen LogP contribution in [0.2, 0.25) is 0 Å². The molecule has 2 heterocycles. The first kappa shape index (κ1) is 48.2. The van der Waals surface area contributed by atoms with Crippen LogP contribution in [0.3, 0.4) is 0 Å². The van der Waals surface area contributed by atoms with Crippen molar-refractivity contribution in [3.05, 3.63) is 35.9 Å². The summed E-state index contributed by atoms with van der Waals surface area (Å²) in [6, 6.07) is 8.23. The van der Waals surface area contributed by atoms with Crippen molar-refractivity contribution in [3.8, 4) is 0 Å². The number of carboxylic acids is 1. The lowest BCUT2D eigenvalue weighted by Gasteiger charge is -2.41. The van der Waals surface area contributed by atoms with Crippen molar-refractivity contribution in [1.29, 1.82) is 0 Å². The molecule has 1 unspecified atom stereocenters. The Morgan fingerprint density at radius 3 is 2.12 bits per heavy atom. The van der Waals surface area contributed by atoms with Gasteiger partial charge in [-0.1, -0.05) is 85.2 Å². The molecule has 2 fully saturated rings. The summed E-state index contributed by atoms with van der Waals surface area (Å²) in [6.07, 6.45) is 2.17. The number of likely N-dealkylation sites (N-methyl/N-ethyl adjacent to an activating group) is 1. The predicted molar refractivity (Wildman–Crippen MR) is 223 cm³/mol. The van der Waals surface area contributed by atoms with Gasteiger partial charge in [-0.2, -0.15) is 0 Å². The number of Topliss-reactive ketones (excluding diaryl/α,β-unsaturated/α-hetero) is 2. The second kappa shape index (κ2) is 23.4. The molecule has 0 saturated carbocycles. The highest BCUT2D eigenvalue weighted by Gasteiger charge is 2.43. The number of ether oxygens (including phenoxy) is 2. The fourth-order valence-electron chi connectivity index (χ4n) is 9.26. The number of benzene rings is 1. The number of amides is 2. The van der Waals surface area contributed by atoms with E-state index in [1.807, 2.05) is 44.2 Å². The van der Waals surface area contributed by atoms with Crippen molar-refractivity contribution in [2.75, 3.05) is 54.0 Å². The Hall–Kier alpha value is -3.19. The molecule has 9 atom stereocenters. The number of rotatable bonds is 23. The molecule has 1 aromatic rings. The monoisotopic (exact) mass is 799 g/mol. The van der Waals surface area contributed by atoms with Gasteiger partial charge in [-0.15, -0.1) is 0 Å². The minimum atomic E-state index is -1.02. The summed E-state index contributed by atoms with van der Waals surface area (Å²) in [7, 11) is 4.90. The third-order valence-corrected chi connectivity index (χ3v) is 12.7. The molecular formula is C45H74N4O8. The van der Waals surface area contributed by atoms with Gasteiger partial charge in [0.1, 0.15) is 5.78 Å². The number of nitrogens with one attached hydrogen (secondary N) is 1. The molecule has 2 N–H and O–H groups in total. The standard InChI is InChI=1S/C45H74N4O8/c1-11-31(6)42(47(8)44(53)35(29(2)3)27-38(51)41(30(4)5)48-22-16-20-46-21-24-48)39(56-9)28-40(52)49-23-15-19-36(49)43(57-10)32(7)37(50)26-34(45(54)55)25-33-17-13-12-14-18-33/h12-14,17-18,29-32,34-36,39,41-43,46H,11,15-16,19-28H2,1-10H3,(H,54,55)/t31-,32-,34+,35-,36-,39?,41-,42-,43+/m0/s1. The molecule has 1 aromatic carbocycles. The van der Waals surface area contributed by atoms with Crippen molar-refractivity contribution in [3.63, 3.8) is 0 Å². The van der Waals surface area contributed by atoms with E-state index in [0.717, 1.165) is 51.0 Å². The van der Waals surface area contributed by atoms with Crippen LogP contribution in [-0.4, -0.2) is 133 Å². The molecule has 57 heavy (non-hydrogen) atoms.